The zero-order valence-electron chi connectivity index (χ0n) is 9.93. The Kier molecular flexibility index (Phi) is 4.40. The smallest absolute Gasteiger partial charge is 0.179 e. The second-order valence-electron chi connectivity index (χ2n) is 4.45. The molecule has 0 amide bonds. The van der Waals surface area contributed by atoms with Gasteiger partial charge in [-0.3, -0.25) is 0 Å². The molecule has 0 spiro atoms. The fraction of sp³-hybridized carbons (Fsp3) is 0.538. The summed E-state index contributed by atoms with van der Waals surface area (Å²) in [5, 5.41) is 3.34. The normalized spacial score (nSPS) is 17.1. The van der Waals surface area contributed by atoms with Crippen LogP contribution in [0.1, 0.15) is 18.4 Å². The Morgan fingerprint density at radius 2 is 2.12 bits per heavy atom. The van der Waals surface area contributed by atoms with Crippen LogP contribution < -0.4 is 10.1 Å². The van der Waals surface area contributed by atoms with Crippen molar-refractivity contribution in [3.05, 3.63) is 28.0 Å². The molecular formula is C13H17BrFNO. The van der Waals surface area contributed by atoms with E-state index in [-0.39, 0.29) is 5.82 Å². The van der Waals surface area contributed by atoms with Crippen molar-refractivity contribution >= 4 is 15.9 Å². The Bertz CT molecular complexity index is 391. The van der Waals surface area contributed by atoms with Crippen molar-refractivity contribution in [1.29, 1.82) is 0 Å². The number of nitrogens with one attached hydrogen (secondary N) is 1. The van der Waals surface area contributed by atoms with Crippen molar-refractivity contribution in [2.75, 3.05) is 20.2 Å². The first-order valence-corrected chi connectivity index (χ1v) is 6.73. The van der Waals surface area contributed by atoms with Crippen LogP contribution in [0.5, 0.6) is 5.75 Å². The summed E-state index contributed by atoms with van der Waals surface area (Å²) in [5.74, 6) is 0.725. The molecule has 1 aromatic rings. The quantitative estimate of drug-likeness (QED) is 0.926. The minimum atomic E-state index is -0.293. The summed E-state index contributed by atoms with van der Waals surface area (Å²) >= 11 is 3.18. The third-order valence-electron chi connectivity index (χ3n) is 3.30. The third-order valence-corrected chi connectivity index (χ3v) is 3.92. The maximum atomic E-state index is 13.8. The second kappa shape index (κ2) is 5.83. The molecular weight excluding hydrogens is 285 g/mol. The Hall–Kier alpha value is -0.610. The zero-order valence-corrected chi connectivity index (χ0v) is 11.5. The number of hydrogen-bond acceptors (Lipinski definition) is 2. The first-order valence-electron chi connectivity index (χ1n) is 5.94. The van der Waals surface area contributed by atoms with Gasteiger partial charge in [-0.15, -0.1) is 0 Å². The minimum Gasteiger partial charge on any atom is -0.493 e. The van der Waals surface area contributed by atoms with Gasteiger partial charge >= 0.3 is 0 Å². The summed E-state index contributed by atoms with van der Waals surface area (Å²) in [7, 11) is 1.52. The molecule has 2 nitrogen and oxygen atoms in total. The van der Waals surface area contributed by atoms with Crippen LogP contribution in [0.25, 0.3) is 0 Å². The molecule has 1 heterocycles. The van der Waals surface area contributed by atoms with Crippen LogP contribution in [0, 0.1) is 11.7 Å². The van der Waals surface area contributed by atoms with Gasteiger partial charge in [-0.1, -0.05) is 6.07 Å². The van der Waals surface area contributed by atoms with Gasteiger partial charge in [0.1, 0.15) is 0 Å². The summed E-state index contributed by atoms with van der Waals surface area (Å²) in [4.78, 5) is 0. The number of ether oxygens (including phenoxy) is 1. The van der Waals surface area contributed by atoms with E-state index >= 15 is 0 Å². The van der Waals surface area contributed by atoms with E-state index < -0.39 is 0 Å². The van der Waals surface area contributed by atoms with Crippen molar-refractivity contribution in [3.8, 4) is 5.75 Å². The fourth-order valence-corrected chi connectivity index (χ4v) is 2.66. The number of piperidine rings is 1. The summed E-state index contributed by atoms with van der Waals surface area (Å²) in [6.07, 6.45) is 3.21. The topological polar surface area (TPSA) is 21.3 Å². The number of methoxy groups -OCH3 is 1. The van der Waals surface area contributed by atoms with Crippen LogP contribution in [0.4, 0.5) is 4.39 Å². The molecule has 94 valence electrons. The summed E-state index contributed by atoms with van der Waals surface area (Å²) < 4.78 is 19.5. The molecule has 0 saturated carbocycles. The van der Waals surface area contributed by atoms with Crippen LogP contribution in [0.2, 0.25) is 0 Å². The van der Waals surface area contributed by atoms with Gasteiger partial charge in [-0.2, -0.15) is 0 Å². The fourth-order valence-electron chi connectivity index (χ4n) is 2.35. The molecule has 0 aromatic heterocycles. The number of benzene rings is 1. The number of rotatable bonds is 3. The van der Waals surface area contributed by atoms with Gasteiger partial charge in [0, 0.05) is 0 Å². The van der Waals surface area contributed by atoms with Crippen LogP contribution in [-0.2, 0) is 6.42 Å². The monoisotopic (exact) mass is 301 g/mol. The van der Waals surface area contributed by atoms with Gasteiger partial charge in [0.2, 0.25) is 0 Å². The van der Waals surface area contributed by atoms with Gasteiger partial charge in [-0.05, 0) is 65.8 Å². The van der Waals surface area contributed by atoms with Crippen LogP contribution >= 0.6 is 15.9 Å². The highest BCUT2D eigenvalue weighted by Gasteiger charge is 2.18. The molecule has 1 aromatic carbocycles. The molecule has 0 bridgehead atoms. The van der Waals surface area contributed by atoms with Crippen molar-refractivity contribution in [3.63, 3.8) is 0 Å². The average Bonchev–Trinajstić information content (AvgIpc) is 2.36. The molecule has 1 saturated heterocycles. The summed E-state index contributed by atoms with van der Waals surface area (Å²) in [5.41, 5.74) is 0.972. The molecule has 4 heteroatoms. The highest BCUT2D eigenvalue weighted by molar-refractivity contribution is 9.10. The molecule has 1 aliphatic heterocycles. The lowest BCUT2D eigenvalue weighted by molar-refractivity contribution is 0.352. The number of halogens is 2. The molecule has 0 radical (unpaired) electrons. The van der Waals surface area contributed by atoms with E-state index in [0.29, 0.717) is 16.1 Å². The highest BCUT2D eigenvalue weighted by atomic mass is 79.9. The minimum absolute atomic E-state index is 0.293. The summed E-state index contributed by atoms with van der Waals surface area (Å²) in [6.45, 7) is 2.12. The van der Waals surface area contributed by atoms with Gasteiger partial charge in [0.25, 0.3) is 0 Å². The van der Waals surface area contributed by atoms with Crippen molar-refractivity contribution in [2.45, 2.75) is 19.3 Å². The van der Waals surface area contributed by atoms with Gasteiger partial charge in [-0.25, -0.2) is 4.39 Å². The van der Waals surface area contributed by atoms with Crippen LogP contribution in [0.3, 0.4) is 0 Å². The Morgan fingerprint density at radius 1 is 1.41 bits per heavy atom. The predicted molar refractivity (Wildman–Crippen MR) is 69.9 cm³/mol. The molecule has 1 fully saturated rings. The standard InChI is InChI=1S/C13H17BrFNO/c1-17-13-10(2-3-11(14)12(13)15)8-9-4-6-16-7-5-9/h2-3,9,16H,4-8H2,1H3. The van der Waals surface area contributed by atoms with Gasteiger partial charge in [0.05, 0.1) is 11.6 Å². The zero-order chi connectivity index (χ0) is 12.3. The summed E-state index contributed by atoms with van der Waals surface area (Å²) in [6, 6.07) is 3.71. The molecule has 0 atom stereocenters. The highest BCUT2D eigenvalue weighted by Crippen LogP contribution is 2.31. The van der Waals surface area contributed by atoms with E-state index in [1.165, 1.54) is 7.11 Å². The molecule has 0 unspecified atom stereocenters. The lowest BCUT2D eigenvalue weighted by atomic mass is 9.90. The largest absolute Gasteiger partial charge is 0.493 e. The van der Waals surface area contributed by atoms with E-state index in [4.69, 9.17) is 4.74 Å². The van der Waals surface area contributed by atoms with E-state index in [9.17, 15) is 4.39 Å². The van der Waals surface area contributed by atoms with E-state index in [1.54, 1.807) is 6.07 Å². The van der Waals surface area contributed by atoms with E-state index in [1.807, 2.05) is 6.07 Å². The van der Waals surface area contributed by atoms with Crippen molar-refractivity contribution < 1.29 is 9.13 Å². The number of hydrogen-bond donors (Lipinski definition) is 1. The molecule has 2 rings (SSSR count). The van der Waals surface area contributed by atoms with Crippen molar-refractivity contribution in [1.82, 2.24) is 5.32 Å². The lowest BCUT2D eigenvalue weighted by Crippen LogP contribution is -2.28. The average molecular weight is 302 g/mol. The van der Waals surface area contributed by atoms with Crippen LogP contribution in [0.15, 0.2) is 16.6 Å². The Morgan fingerprint density at radius 3 is 2.76 bits per heavy atom. The third kappa shape index (κ3) is 2.99. The Labute approximate surface area is 110 Å². The molecule has 17 heavy (non-hydrogen) atoms. The molecule has 1 aliphatic rings. The van der Waals surface area contributed by atoms with E-state index in [2.05, 4.69) is 21.2 Å². The maximum absolute atomic E-state index is 13.8. The first-order chi connectivity index (χ1) is 8.22. The van der Waals surface area contributed by atoms with E-state index in [0.717, 1.165) is 37.9 Å². The second-order valence-corrected chi connectivity index (χ2v) is 5.31. The Balaban J connectivity index is 2.17. The van der Waals surface area contributed by atoms with Gasteiger partial charge < -0.3 is 10.1 Å². The predicted octanol–water partition coefficient (Wildman–Crippen LogP) is 3.14. The SMILES string of the molecule is COc1c(CC2CCNCC2)ccc(Br)c1F. The lowest BCUT2D eigenvalue weighted by Gasteiger charge is -2.23. The molecule has 0 aliphatic carbocycles. The first kappa shape index (κ1) is 12.8. The maximum Gasteiger partial charge on any atom is 0.179 e. The van der Waals surface area contributed by atoms with Crippen molar-refractivity contribution in [2.24, 2.45) is 5.92 Å². The van der Waals surface area contributed by atoms with Crippen LogP contribution in [-0.4, -0.2) is 20.2 Å². The van der Waals surface area contributed by atoms with Gasteiger partial charge in [0.15, 0.2) is 11.6 Å². The molecule has 1 N–H and O–H groups in total.